The Hall–Kier alpha value is -2.88. The van der Waals surface area contributed by atoms with Crippen molar-refractivity contribution in [3.05, 3.63) is 63.9 Å². The van der Waals surface area contributed by atoms with Crippen molar-refractivity contribution in [3.8, 4) is 5.75 Å². The van der Waals surface area contributed by atoms with E-state index < -0.39 is 17.6 Å². The van der Waals surface area contributed by atoms with Crippen LogP contribution in [0.1, 0.15) is 39.8 Å². The first-order chi connectivity index (χ1) is 12.8. The summed E-state index contributed by atoms with van der Waals surface area (Å²) in [5, 5.41) is 8.94. The second kappa shape index (κ2) is 7.78. The van der Waals surface area contributed by atoms with Gasteiger partial charge in [-0.05, 0) is 25.1 Å². The molecule has 10 heteroatoms. The lowest BCUT2D eigenvalue weighted by molar-refractivity contribution is -0.137. The number of nitrogens with one attached hydrogen (secondary N) is 1. The van der Waals surface area contributed by atoms with E-state index in [2.05, 4.69) is 15.5 Å². The second-order valence-corrected chi connectivity index (χ2v) is 6.48. The summed E-state index contributed by atoms with van der Waals surface area (Å²) < 4.78 is 48.4. The van der Waals surface area contributed by atoms with Gasteiger partial charge in [0.2, 0.25) is 0 Å². The van der Waals surface area contributed by atoms with Crippen LogP contribution in [0.4, 0.5) is 13.2 Å². The first kappa shape index (κ1) is 18.9. The summed E-state index contributed by atoms with van der Waals surface area (Å²) in [5.41, 5.74) is -0.769. The minimum Gasteiger partial charge on any atom is -0.486 e. The van der Waals surface area contributed by atoms with Crippen molar-refractivity contribution < 1.29 is 27.2 Å². The number of alkyl halides is 3. The highest BCUT2D eigenvalue weighted by atomic mass is 32.1. The lowest BCUT2D eigenvalue weighted by atomic mass is 10.2. The number of halogens is 3. The van der Waals surface area contributed by atoms with Gasteiger partial charge in [0, 0.05) is 17.6 Å². The number of benzene rings is 1. The minimum absolute atomic E-state index is 0.0321. The topological polar surface area (TPSA) is 77.2 Å². The number of carbonyl (C=O) groups is 1. The largest absolute Gasteiger partial charge is 0.486 e. The number of nitrogens with zero attached hydrogens (tertiary/aromatic N) is 2. The Morgan fingerprint density at radius 1 is 1.37 bits per heavy atom. The molecule has 0 aliphatic heterocycles. The zero-order valence-electron chi connectivity index (χ0n) is 14.0. The Labute approximate surface area is 156 Å². The molecule has 1 atom stereocenters. The average molecular weight is 397 g/mol. The highest BCUT2D eigenvalue weighted by molar-refractivity contribution is 7.09. The first-order valence-electron chi connectivity index (χ1n) is 7.79. The Bertz CT molecular complexity index is 910. The van der Waals surface area contributed by atoms with Gasteiger partial charge in [0.25, 0.3) is 5.91 Å². The molecule has 0 saturated carbocycles. The molecule has 3 aromatic rings. The van der Waals surface area contributed by atoms with Crippen molar-refractivity contribution in [1.82, 2.24) is 15.5 Å². The van der Waals surface area contributed by atoms with Gasteiger partial charge in [-0.1, -0.05) is 11.2 Å². The average Bonchev–Trinajstić information content (AvgIpc) is 3.31. The number of thiazole rings is 1. The van der Waals surface area contributed by atoms with E-state index in [0.29, 0.717) is 0 Å². The van der Waals surface area contributed by atoms with E-state index in [1.165, 1.54) is 29.5 Å². The summed E-state index contributed by atoms with van der Waals surface area (Å²) in [6, 6.07) is 5.57. The molecule has 6 nitrogen and oxygen atoms in total. The predicted octanol–water partition coefficient (Wildman–Crippen LogP) is 4.22. The first-order valence-corrected chi connectivity index (χ1v) is 8.67. The number of aromatic nitrogens is 2. The maximum atomic E-state index is 12.7. The number of carbonyl (C=O) groups excluding carboxylic acids is 1. The molecule has 142 valence electrons. The third kappa shape index (κ3) is 4.85. The van der Waals surface area contributed by atoms with Gasteiger partial charge in [-0.15, -0.1) is 11.3 Å². The van der Waals surface area contributed by atoms with Gasteiger partial charge in [0.15, 0.2) is 11.5 Å². The number of rotatable bonds is 6. The lowest BCUT2D eigenvalue weighted by Gasteiger charge is -2.09. The third-order valence-corrected chi connectivity index (χ3v) is 4.46. The zero-order valence-corrected chi connectivity index (χ0v) is 14.8. The summed E-state index contributed by atoms with van der Waals surface area (Å²) in [6.45, 7) is 1.62. The molecule has 1 N–H and O–H groups in total. The van der Waals surface area contributed by atoms with Crippen molar-refractivity contribution in [2.75, 3.05) is 0 Å². The van der Waals surface area contributed by atoms with Crippen molar-refractivity contribution in [2.24, 2.45) is 0 Å². The third-order valence-electron chi connectivity index (χ3n) is 3.50. The van der Waals surface area contributed by atoms with Crippen LogP contribution >= 0.6 is 11.3 Å². The molecule has 1 amide bonds. The Balaban J connectivity index is 1.59. The number of amides is 1. The molecule has 1 aromatic carbocycles. The fourth-order valence-corrected chi connectivity index (χ4v) is 2.83. The minimum atomic E-state index is -4.45. The van der Waals surface area contributed by atoms with Crippen LogP contribution < -0.4 is 10.1 Å². The molecule has 0 aliphatic carbocycles. The van der Waals surface area contributed by atoms with Gasteiger partial charge in [-0.3, -0.25) is 4.79 Å². The maximum absolute atomic E-state index is 12.7. The number of hydrogen-bond acceptors (Lipinski definition) is 6. The van der Waals surface area contributed by atoms with Crippen LogP contribution in [0.25, 0.3) is 0 Å². The molecule has 0 bridgehead atoms. The molecule has 2 aromatic heterocycles. The molecule has 0 radical (unpaired) electrons. The monoisotopic (exact) mass is 397 g/mol. The van der Waals surface area contributed by atoms with Crippen LogP contribution in [0.5, 0.6) is 5.75 Å². The van der Waals surface area contributed by atoms with Gasteiger partial charge in [-0.2, -0.15) is 13.2 Å². The van der Waals surface area contributed by atoms with Crippen LogP contribution in [0.15, 0.2) is 46.4 Å². The van der Waals surface area contributed by atoms with E-state index >= 15 is 0 Å². The molecular formula is C17H14F3N3O3S. The van der Waals surface area contributed by atoms with Crippen molar-refractivity contribution in [3.63, 3.8) is 0 Å². The summed E-state index contributed by atoms with van der Waals surface area (Å²) in [5.74, 6) is -0.212. The van der Waals surface area contributed by atoms with Crippen LogP contribution in [-0.2, 0) is 12.8 Å². The Morgan fingerprint density at radius 2 is 2.19 bits per heavy atom. The Kier molecular flexibility index (Phi) is 5.45. The van der Waals surface area contributed by atoms with Crippen LogP contribution in [-0.4, -0.2) is 16.0 Å². The quantitative estimate of drug-likeness (QED) is 0.674. The molecule has 2 heterocycles. The molecule has 0 fully saturated rings. The van der Waals surface area contributed by atoms with Gasteiger partial charge < -0.3 is 14.6 Å². The highest BCUT2D eigenvalue weighted by Crippen LogP contribution is 2.31. The molecule has 0 spiro atoms. The normalized spacial score (nSPS) is 12.6. The standard InChI is InChI=1S/C17H14F3N3O3S/c1-10(16-21-5-6-27-16)22-15(24)14-8-13(26-23-14)9-25-12-4-2-3-11(7-12)17(18,19)20/h2-8,10H,9H2,1H3,(H,22,24)/t10-/m0/s1. The van der Waals surface area contributed by atoms with E-state index in [-0.39, 0.29) is 29.9 Å². The summed E-state index contributed by atoms with van der Waals surface area (Å²) >= 11 is 1.41. The summed E-state index contributed by atoms with van der Waals surface area (Å²) in [4.78, 5) is 16.3. The van der Waals surface area contributed by atoms with Gasteiger partial charge in [0.05, 0.1) is 11.6 Å². The lowest BCUT2D eigenvalue weighted by Crippen LogP contribution is -2.26. The van der Waals surface area contributed by atoms with Crippen LogP contribution in [0.3, 0.4) is 0 Å². The van der Waals surface area contributed by atoms with Crippen molar-refractivity contribution in [2.45, 2.75) is 25.7 Å². The van der Waals surface area contributed by atoms with E-state index in [9.17, 15) is 18.0 Å². The molecular weight excluding hydrogens is 383 g/mol. The zero-order chi connectivity index (χ0) is 19.4. The summed E-state index contributed by atoms with van der Waals surface area (Å²) in [7, 11) is 0. The number of ether oxygens (including phenoxy) is 1. The highest BCUT2D eigenvalue weighted by Gasteiger charge is 2.30. The molecule has 0 aliphatic rings. The number of hydrogen-bond donors (Lipinski definition) is 1. The van der Waals surface area contributed by atoms with Crippen molar-refractivity contribution >= 4 is 17.2 Å². The van der Waals surface area contributed by atoms with E-state index in [1.807, 2.05) is 0 Å². The molecule has 3 rings (SSSR count). The molecule has 0 saturated heterocycles. The predicted molar refractivity (Wildman–Crippen MR) is 90.3 cm³/mol. The molecule has 27 heavy (non-hydrogen) atoms. The van der Waals surface area contributed by atoms with Crippen LogP contribution in [0, 0.1) is 0 Å². The van der Waals surface area contributed by atoms with Crippen molar-refractivity contribution in [1.29, 1.82) is 0 Å². The maximum Gasteiger partial charge on any atom is 0.416 e. The van der Waals surface area contributed by atoms with E-state index in [4.69, 9.17) is 9.26 Å². The van der Waals surface area contributed by atoms with Crippen LogP contribution in [0.2, 0.25) is 0 Å². The van der Waals surface area contributed by atoms with E-state index in [0.717, 1.165) is 17.1 Å². The van der Waals surface area contributed by atoms with Gasteiger partial charge >= 0.3 is 6.18 Å². The fourth-order valence-electron chi connectivity index (χ4n) is 2.19. The van der Waals surface area contributed by atoms with E-state index in [1.54, 1.807) is 18.5 Å². The smallest absolute Gasteiger partial charge is 0.416 e. The van der Waals surface area contributed by atoms with Gasteiger partial charge in [0.1, 0.15) is 17.4 Å². The Morgan fingerprint density at radius 3 is 2.89 bits per heavy atom. The molecule has 0 unspecified atom stereocenters. The fraction of sp³-hybridized carbons (Fsp3) is 0.235. The van der Waals surface area contributed by atoms with Gasteiger partial charge in [-0.25, -0.2) is 4.98 Å². The summed E-state index contributed by atoms with van der Waals surface area (Å²) in [6.07, 6.45) is -2.81. The SMILES string of the molecule is C[C@H](NC(=O)c1cc(COc2cccc(C(F)(F)F)c2)on1)c1nccs1. The second-order valence-electron chi connectivity index (χ2n) is 5.56.